The molecule has 20 heavy (non-hydrogen) atoms. The van der Waals surface area contributed by atoms with Gasteiger partial charge in [0.05, 0.1) is 23.8 Å². The minimum Gasteiger partial charge on any atom is -0.398 e. The molecular weight excluding hydrogens is 296 g/mol. The van der Waals surface area contributed by atoms with Gasteiger partial charge in [0.1, 0.15) is 0 Å². The van der Waals surface area contributed by atoms with Crippen molar-refractivity contribution in [1.29, 1.82) is 0 Å². The van der Waals surface area contributed by atoms with Crippen LogP contribution >= 0.6 is 22.9 Å². The zero-order valence-electron chi connectivity index (χ0n) is 11.1. The maximum absolute atomic E-state index is 9.31. The molecule has 1 aromatic heterocycles. The van der Waals surface area contributed by atoms with E-state index in [4.69, 9.17) is 17.3 Å². The van der Waals surface area contributed by atoms with E-state index in [1.165, 1.54) is 0 Å². The summed E-state index contributed by atoms with van der Waals surface area (Å²) in [5.74, 6) is 0. The van der Waals surface area contributed by atoms with Crippen molar-refractivity contribution in [3.8, 4) is 0 Å². The zero-order valence-corrected chi connectivity index (χ0v) is 12.7. The Balaban J connectivity index is 2.45. The number of rotatable bonds is 6. The lowest BCUT2D eigenvalue weighted by Gasteiger charge is -2.43. The number of aliphatic hydroxyl groups is 2. The fourth-order valence-corrected chi connectivity index (χ4v) is 3.57. The third kappa shape index (κ3) is 2.92. The Hall–Kier alpha value is -0.850. The summed E-state index contributed by atoms with van der Waals surface area (Å²) in [7, 11) is 0. The Morgan fingerprint density at radius 1 is 1.35 bits per heavy atom. The average molecular weight is 315 g/mol. The van der Waals surface area contributed by atoms with Crippen LogP contribution in [0.1, 0.15) is 12.0 Å². The molecule has 1 atom stereocenters. The maximum Gasteiger partial charge on any atom is 0.0708 e. The van der Waals surface area contributed by atoms with E-state index < -0.39 is 5.54 Å². The topological polar surface area (TPSA) is 69.7 Å². The lowest BCUT2D eigenvalue weighted by Crippen LogP contribution is -2.48. The molecule has 0 radical (unpaired) electrons. The molecule has 1 aliphatic rings. The van der Waals surface area contributed by atoms with Crippen LogP contribution in [0.25, 0.3) is 0 Å². The van der Waals surface area contributed by atoms with Gasteiger partial charge in [-0.2, -0.15) is 11.3 Å². The fraction of sp³-hybridized carbons (Fsp3) is 0.429. The highest BCUT2D eigenvalue weighted by atomic mass is 35.5. The summed E-state index contributed by atoms with van der Waals surface area (Å²) in [6.45, 7) is 0.975. The summed E-state index contributed by atoms with van der Waals surface area (Å²) in [6.07, 6.45) is 4.50. The van der Waals surface area contributed by atoms with Gasteiger partial charge in [0.15, 0.2) is 0 Å². The van der Waals surface area contributed by atoms with Crippen LogP contribution in [0, 0.1) is 0 Å². The van der Waals surface area contributed by atoms with E-state index in [2.05, 4.69) is 5.38 Å². The molecule has 0 spiro atoms. The van der Waals surface area contributed by atoms with Gasteiger partial charge in [-0.1, -0.05) is 17.7 Å². The molecule has 0 amide bonds. The molecule has 4 nitrogen and oxygen atoms in total. The Labute approximate surface area is 127 Å². The number of halogens is 1. The molecule has 0 aliphatic heterocycles. The second-order valence-corrected chi connectivity index (χ2v) is 5.91. The second kappa shape index (κ2) is 6.74. The van der Waals surface area contributed by atoms with E-state index in [-0.39, 0.29) is 13.2 Å². The number of thiophene rings is 1. The molecule has 110 valence electrons. The molecular formula is C14H19ClN2O2S. The van der Waals surface area contributed by atoms with Crippen LogP contribution in [0.3, 0.4) is 0 Å². The number of hydrogen-bond donors (Lipinski definition) is 3. The summed E-state index contributed by atoms with van der Waals surface area (Å²) in [5, 5.41) is 23.2. The van der Waals surface area contributed by atoms with Crippen molar-refractivity contribution in [2.75, 3.05) is 26.3 Å². The largest absolute Gasteiger partial charge is 0.398 e. The van der Waals surface area contributed by atoms with Gasteiger partial charge in [0.2, 0.25) is 0 Å². The van der Waals surface area contributed by atoms with Crippen LogP contribution in [-0.4, -0.2) is 41.4 Å². The average Bonchev–Trinajstić information content (AvgIpc) is 2.96. The van der Waals surface area contributed by atoms with Gasteiger partial charge in [0.25, 0.3) is 0 Å². The van der Waals surface area contributed by atoms with Crippen LogP contribution in [0.2, 0.25) is 0 Å². The molecule has 4 N–H and O–H groups in total. The van der Waals surface area contributed by atoms with Gasteiger partial charge in [0, 0.05) is 18.8 Å². The molecule has 0 aromatic carbocycles. The van der Waals surface area contributed by atoms with Crippen LogP contribution < -0.4 is 5.73 Å². The Morgan fingerprint density at radius 3 is 2.55 bits per heavy atom. The smallest absolute Gasteiger partial charge is 0.0708 e. The van der Waals surface area contributed by atoms with Crippen molar-refractivity contribution in [2.45, 2.75) is 12.0 Å². The third-order valence-corrected chi connectivity index (χ3v) is 4.61. The predicted molar refractivity (Wildman–Crippen MR) is 82.6 cm³/mol. The SMILES string of the molecule is NC1=CCC(c2ccsc2)(N(CCO)CCO)C=C1Cl. The molecule has 1 heterocycles. The van der Waals surface area contributed by atoms with E-state index >= 15 is 0 Å². The molecule has 0 fully saturated rings. The number of nitrogens with two attached hydrogens (primary N) is 1. The first-order valence-corrected chi connectivity index (χ1v) is 7.80. The van der Waals surface area contributed by atoms with Crippen LogP contribution in [0.4, 0.5) is 0 Å². The molecule has 1 aliphatic carbocycles. The van der Waals surface area contributed by atoms with E-state index in [1.807, 2.05) is 28.5 Å². The van der Waals surface area contributed by atoms with Gasteiger partial charge >= 0.3 is 0 Å². The molecule has 0 bridgehead atoms. The van der Waals surface area contributed by atoms with E-state index in [1.54, 1.807) is 11.3 Å². The molecule has 0 saturated heterocycles. The lowest BCUT2D eigenvalue weighted by molar-refractivity contribution is 0.0786. The van der Waals surface area contributed by atoms with Gasteiger partial charge in [-0.05, 0) is 34.9 Å². The quantitative estimate of drug-likeness (QED) is 0.746. The second-order valence-electron chi connectivity index (χ2n) is 4.73. The van der Waals surface area contributed by atoms with Crippen molar-refractivity contribution >= 4 is 22.9 Å². The molecule has 6 heteroatoms. The highest BCUT2D eigenvalue weighted by Crippen LogP contribution is 2.40. The van der Waals surface area contributed by atoms with Crippen LogP contribution in [0.5, 0.6) is 0 Å². The highest BCUT2D eigenvalue weighted by molar-refractivity contribution is 7.08. The number of nitrogens with zero attached hydrogens (tertiary/aromatic N) is 1. The minimum atomic E-state index is -0.453. The van der Waals surface area contributed by atoms with Gasteiger partial charge in [-0.15, -0.1) is 0 Å². The summed E-state index contributed by atoms with van der Waals surface area (Å²) in [4.78, 5) is 2.04. The monoisotopic (exact) mass is 314 g/mol. The maximum atomic E-state index is 9.31. The van der Waals surface area contributed by atoms with Crippen LogP contribution in [0.15, 0.2) is 39.7 Å². The standard InChI is InChI=1S/C14H19ClN2O2S/c15-12-9-14(3-1-13(12)16,11-2-8-20-10-11)17(4-6-18)5-7-19/h1-2,8-10,18-19H,3-7,16H2. The fourth-order valence-electron chi connectivity index (χ4n) is 2.58. The molecule has 2 rings (SSSR count). The van der Waals surface area contributed by atoms with Crippen molar-refractivity contribution < 1.29 is 10.2 Å². The van der Waals surface area contributed by atoms with E-state index in [0.29, 0.717) is 30.2 Å². The summed E-state index contributed by atoms with van der Waals surface area (Å²) in [6, 6.07) is 2.04. The summed E-state index contributed by atoms with van der Waals surface area (Å²) < 4.78 is 0. The van der Waals surface area contributed by atoms with Crippen molar-refractivity contribution in [1.82, 2.24) is 4.90 Å². The van der Waals surface area contributed by atoms with Crippen molar-refractivity contribution in [3.05, 3.63) is 45.3 Å². The Bertz CT molecular complexity index is 495. The third-order valence-electron chi connectivity index (χ3n) is 3.60. The summed E-state index contributed by atoms with van der Waals surface area (Å²) >= 11 is 7.84. The van der Waals surface area contributed by atoms with Gasteiger partial charge in [-0.25, -0.2) is 0 Å². The van der Waals surface area contributed by atoms with Gasteiger partial charge < -0.3 is 15.9 Å². The van der Waals surface area contributed by atoms with Crippen molar-refractivity contribution in [3.63, 3.8) is 0 Å². The van der Waals surface area contributed by atoms with Crippen molar-refractivity contribution in [2.24, 2.45) is 5.73 Å². The predicted octanol–water partition coefficient (Wildman–Crippen LogP) is 1.60. The first-order valence-electron chi connectivity index (χ1n) is 6.48. The first kappa shape index (κ1) is 15.5. The first-order chi connectivity index (χ1) is 9.64. The number of aliphatic hydroxyl groups excluding tert-OH is 2. The molecule has 1 unspecified atom stereocenters. The summed E-state index contributed by atoms with van der Waals surface area (Å²) in [5.41, 5.74) is 7.07. The normalized spacial score (nSPS) is 22.8. The molecule has 0 saturated carbocycles. The highest BCUT2D eigenvalue weighted by Gasteiger charge is 2.38. The Morgan fingerprint density at radius 2 is 2.05 bits per heavy atom. The number of hydrogen-bond acceptors (Lipinski definition) is 5. The minimum absolute atomic E-state index is 0.0243. The molecule has 1 aromatic rings. The van der Waals surface area contributed by atoms with Gasteiger partial charge in [-0.3, -0.25) is 4.90 Å². The van der Waals surface area contributed by atoms with E-state index in [0.717, 1.165) is 5.56 Å². The van der Waals surface area contributed by atoms with Crippen LogP contribution in [-0.2, 0) is 5.54 Å². The Kier molecular flexibility index (Phi) is 5.23. The lowest BCUT2D eigenvalue weighted by atomic mass is 9.82. The number of allylic oxidation sites excluding steroid dienone is 1. The zero-order chi connectivity index (χ0) is 14.6. The van der Waals surface area contributed by atoms with E-state index in [9.17, 15) is 10.2 Å².